The van der Waals surface area contributed by atoms with Gasteiger partial charge in [-0.05, 0) is 25.5 Å². The van der Waals surface area contributed by atoms with Gasteiger partial charge in [-0.3, -0.25) is 4.40 Å². The first-order chi connectivity index (χ1) is 8.04. The molecule has 0 amide bonds. The summed E-state index contributed by atoms with van der Waals surface area (Å²) in [6.07, 6.45) is 1.62. The lowest BCUT2D eigenvalue weighted by molar-refractivity contribution is 0.0521. The number of anilines is 1. The summed E-state index contributed by atoms with van der Waals surface area (Å²) >= 11 is 5.93. The Labute approximate surface area is 103 Å². The summed E-state index contributed by atoms with van der Waals surface area (Å²) in [5, 5.41) is 0.537. The van der Waals surface area contributed by atoms with E-state index in [9.17, 15) is 4.79 Å². The number of nitrogen functional groups attached to an aromatic ring is 1. The third kappa shape index (κ3) is 1.93. The molecular weight excluding hydrogens is 242 g/mol. The van der Waals surface area contributed by atoms with Crippen molar-refractivity contribution in [2.75, 3.05) is 12.3 Å². The first-order valence-electron chi connectivity index (χ1n) is 5.15. The van der Waals surface area contributed by atoms with Gasteiger partial charge in [-0.25, -0.2) is 9.78 Å². The number of esters is 1. The van der Waals surface area contributed by atoms with E-state index in [0.717, 1.165) is 5.56 Å². The molecule has 0 spiro atoms. The normalized spacial score (nSPS) is 10.8. The number of hydrogen-bond acceptors (Lipinski definition) is 4. The predicted octanol–water partition coefficient (Wildman–Crippen LogP) is 2.06. The van der Waals surface area contributed by atoms with Crippen LogP contribution >= 0.6 is 11.6 Å². The fraction of sp³-hybridized carbons (Fsp3) is 0.273. The molecule has 0 bridgehead atoms. The maximum absolute atomic E-state index is 11.6. The first kappa shape index (κ1) is 11.7. The van der Waals surface area contributed by atoms with Gasteiger partial charge >= 0.3 is 5.97 Å². The molecule has 17 heavy (non-hydrogen) atoms. The number of rotatable bonds is 2. The van der Waals surface area contributed by atoms with Crippen LogP contribution in [0.3, 0.4) is 0 Å². The highest BCUT2D eigenvalue weighted by atomic mass is 35.5. The van der Waals surface area contributed by atoms with E-state index >= 15 is 0 Å². The van der Waals surface area contributed by atoms with Gasteiger partial charge in [-0.2, -0.15) is 0 Å². The van der Waals surface area contributed by atoms with Gasteiger partial charge in [0.2, 0.25) is 0 Å². The molecule has 90 valence electrons. The topological polar surface area (TPSA) is 69.6 Å². The summed E-state index contributed by atoms with van der Waals surface area (Å²) in [7, 11) is 0. The van der Waals surface area contributed by atoms with Crippen molar-refractivity contribution >= 4 is 29.0 Å². The number of carbonyl (C=O) groups is 1. The number of nitrogens with zero attached hydrogens (tertiary/aromatic N) is 2. The van der Waals surface area contributed by atoms with Crippen LogP contribution in [-0.2, 0) is 4.74 Å². The van der Waals surface area contributed by atoms with Gasteiger partial charge in [0.1, 0.15) is 11.5 Å². The van der Waals surface area contributed by atoms with Crippen LogP contribution in [0.25, 0.3) is 5.65 Å². The standard InChI is InChI=1S/C11H12ClN3O2/c1-3-17-11(16)8-9(13)15-5-7(12)4-6(2)10(15)14-8/h4-5H,3,13H2,1-2H3. The van der Waals surface area contributed by atoms with Crippen molar-refractivity contribution in [2.24, 2.45) is 0 Å². The van der Waals surface area contributed by atoms with Gasteiger partial charge in [0, 0.05) is 6.20 Å². The van der Waals surface area contributed by atoms with Crippen LogP contribution in [-0.4, -0.2) is 22.0 Å². The SMILES string of the molecule is CCOC(=O)c1nc2c(C)cc(Cl)cn2c1N. The number of hydrogen-bond donors (Lipinski definition) is 1. The summed E-state index contributed by atoms with van der Waals surface area (Å²) in [5.41, 5.74) is 7.42. The van der Waals surface area contributed by atoms with E-state index in [2.05, 4.69) is 4.98 Å². The highest BCUT2D eigenvalue weighted by Gasteiger charge is 2.19. The maximum Gasteiger partial charge on any atom is 0.360 e. The zero-order chi connectivity index (χ0) is 12.6. The number of carbonyl (C=O) groups excluding carboxylic acids is 1. The van der Waals surface area contributed by atoms with Gasteiger partial charge in [0.05, 0.1) is 11.6 Å². The van der Waals surface area contributed by atoms with Crippen LogP contribution in [0.15, 0.2) is 12.3 Å². The van der Waals surface area contributed by atoms with E-state index in [0.29, 0.717) is 10.7 Å². The molecule has 0 fully saturated rings. The van der Waals surface area contributed by atoms with Gasteiger partial charge < -0.3 is 10.5 Å². The molecule has 2 rings (SSSR count). The molecule has 0 saturated carbocycles. The average Bonchev–Trinajstić information content (AvgIpc) is 2.57. The Morgan fingerprint density at radius 3 is 3.00 bits per heavy atom. The van der Waals surface area contributed by atoms with Gasteiger partial charge in [0.15, 0.2) is 5.69 Å². The second kappa shape index (κ2) is 4.25. The molecule has 0 radical (unpaired) electrons. The van der Waals surface area contributed by atoms with Crippen LogP contribution < -0.4 is 5.73 Å². The minimum absolute atomic E-state index is 0.122. The zero-order valence-electron chi connectivity index (χ0n) is 9.53. The number of imidazole rings is 1. The molecule has 0 unspecified atom stereocenters. The van der Waals surface area contributed by atoms with E-state index < -0.39 is 5.97 Å². The lowest BCUT2D eigenvalue weighted by Crippen LogP contribution is -2.08. The van der Waals surface area contributed by atoms with Crippen LogP contribution in [0.4, 0.5) is 5.82 Å². The first-order valence-corrected chi connectivity index (χ1v) is 5.53. The zero-order valence-corrected chi connectivity index (χ0v) is 10.3. The smallest absolute Gasteiger partial charge is 0.360 e. The number of aromatic nitrogens is 2. The largest absolute Gasteiger partial charge is 0.461 e. The van der Waals surface area contributed by atoms with E-state index in [1.807, 2.05) is 6.92 Å². The number of halogens is 1. The molecular formula is C11H12ClN3O2. The number of nitrogens with two attached hydrogens (primary N) is 1. The predicted molar refractivity (Wildman–Crippen MR) is 65.3 cm³/mol. The van der Waals surface area contributed by atoms with Crippen molar-refractivity contribution in [1.29, 1.82) is 0 Å². The number of fused-ring (bicyclic) bond motifs is 1. The lowest BCUT2D eigenvalue weighted by atomic mass is 10.3. The van der Waals surface area contributed by atoms with Crippen LogP contribution in [0, 0.1) is 6.92 Å². The quantitative estimate of drug-likeness (QED) is 0.832. The van der Waals surface area contributed by atoms with Gasteiger partial charge in [-0.15, -0.1) is 0 Å². The van der Waals surface area contributed by atoms with Crippen LogP contribution in [0.1, 0.15) is 23.0 Å². The summed E-state index contributed by atoms with van der Waals surface area (Å²) in [6.45, 7) is 3.86. The molecule has 0 atom stereocenters. The van der Waals surface area contributed by atoms with E-state index in [1.54, 1.807) is 23.6 Å². The molecule has 2 N–H and O–H groups in total. The number of aryl methyl sites for hydroxylation is 1. The van der Waals surface area contributed by atoms with Crippen molar-refractivity contribution < 1.29 is 9.53 Å². The van der Waals surface area contributed by atoms with Crippen molar-refractivity contribution in [3.05, 3.63) is 28.5 Å². The summed E-state index contributed by atoms with van der Waals surface area (Å²) in [6, 6.07) is 1.76. The van der Waals surface area contributed by atoms with Gasteiger partial charge in [0.25, 0.3) is 0 Å². The molecule has 2 aromatic rings. The van der Waals surface area contributed by atoms with E-state index in [4.69, 9.17) is 22.1 Å². The molecule has 2 aromatic heterocycles. The van der Waals surface area contributed by atoms with Crippen molar-refractivity contribution in [3.63, 3.8) is 0 Å². The Morgan fingerprint density at radius 1 is 1.65 bits per heavy atom. The molecule has 0 aromatic carbocycles. The Kier molecular flexibility index (Phi) is 2.93. The molecule has 0 aliphatic rings. The minimum Gasteiger partial charge on any atom is -0.461 e. The second-order valence-corrected chi connectivity index (χ2v) is 4.04. The molecule has 0 aliphatic heterocycles. The molecule has 2 heterocycles. The lowest BCUT2D eigenvalue weighted by Gasteiger charge is -2.00. The van der Waals surface area contributed by atoms with E-state index in [-0.39, 0.29) is 18.1 Å². The summed E-state index contributed by atoms with van der Waals surface area (Å²) in [5.74, 6) is -0.284. The van der Waals surface area contributed by atoms with E-state index in [1.165, 1.54) is 0 Å². The molecule has 5 nitrogen and oxygen atoms in total. The number of ether oxygens (including phenoxy) is 1. The number of pyridine rings is 1. The third-order valence-electron chi connectivity index (χ3n) is 2.38. The molecule has 0 saturated heterocycles. The highest BCUT2D eigenvalue weighted by Crippen LogP contribution is 2.22. The Hall–Kier alpha value is -1.75. The Bertz CT molecular complexity index is 592. The molecule has 6 heteroatoms. The average molecular weight is 254 g/mol. The van der Waals surface area contributed by atoms with Crippen LogP contribution in [0.2, 0.25) is 5.02 Å². The molecule has 0 aliphatic carbocycles. The third-order valence-corrected chi connectivity index (χ3v) is 2.58. The fourth-order valence-electron chi connectivity index (χ4n) is 1.64. The van der Waals surface area contributed by atoms with Crippen molar-refractivity contribution in [3.8, 4) is 0 Å². The maximum atomic E-state index is 11.6. The summed E-state index contributed by atoms with van der Waals surface area (Å²) < 4.78 is 6.47. The summed E-state index contributed by atoms with van der Waals surface area (Å²) in [4.78, 5) is 15.8. The van der Waals surface area contributed by atoms with Gasteiger partial charge in [-0.1, -0.05) is 11.6 Å². The minimum atomic E-state index is -0.524. The fourth-order valence-corrected chi connectivity index (χ4v) is 1.90. The van der Waals surface area contributed by atoms with Crippen molar-refractivity contribution in [1.82, 2.24) is 9.38 Å². The Balaban J connectivity index is 2.64. The Morgan fingerprint density at radius 2 is 2.35 bits per heavy atom. The van der Waals surface area contributed by atoms with Crippen molar-refractivity contribution in [2.45, 2.75) is 13.8 Å². The second-order valence-electron chi connectivity index (χ2n) is 3.60. The highest BCUT2D eigenvalue weighted by molar-refractivity contribution is 6.30. The monoisotopic (exact) mass is 253 g/mol. The van der Waals surface area contributed by atoms with Crippen LogP contribution in [0.5, 0.6) is 0 Å².